The molecule has 1 fully saturated rings. The third kappa shape index (κ3) is 4.19. The second-order valence-electron chi connectivity index (χ2n) is 6.31. The normalized spacial score (nSPS) is 18.8. The van der Waals surface area contributed by atoms with Gasteiger partial charge in [0.05, 0.1) is 0 Å². The van der Waals surface area contributed by atoms with Gasteiger partial charge in [0.2, 0.25) is 5.88 Å². The van der Waals surface area contributed by atoms with Crippen LogP contribution in [0.3, 0.4) is 0 Å². The van der Waals surface area contributed by atoms with E-state index >= 15 is 0 Å². The van der Waals surface area contributed by atoms with Gasteiger partial charge in [-0.1, -0.05) is 0 Å². The number of aromatic nitrogens is 3. The van der Waals surface area contributed by atoms with Crippen molar-refractivity contribution in [1.82, 2.24) is 15.1 Å². The molecule has 0 bridgehead atoms. The molecule has 0 atom stereocenters. The van der Waals surface area contributed by atoms with E-state index in [0.717, 1.165) is 6.07 Å². The highest BCUT2D eigenvalue weighted by Gasteiger charge is 2.36. The summed E-state index contributed by atoms with van der Waals surface area (Å²) in [5.74, 6) is 0.594. The van der Waals surface area contributed by atoms with Crippen LogP contribution in [0.1, 0.15) is 30.0 Å². The summed E-state index contributed by atoms with van der Waals surface area (Å²) in [6, 6.07) is 7.46. The summed E-state index contributed by atoms with van der Waals surface area (Å²) in [4.78, 5) is 7.56. The average Bonchev–Trinajstić information content (AvgIpc) is 3.04. The third-order valence-corrected chi connectivity index (χ3v) is 4.45. The Hall–Kier alpha value is -2.81. The van der Waals surface area contributed by atoms with Gasteiger partial charge in [-0.2, -0.15) is 13.2 Å². The first-order valence-electron chi connectivity index (χ1n) is 8.20. The minimum Gasteiger partial charge on any atom is -0.491 e. The zero-order valence-electron chi connectivity index (χ0n) is 14.3. The first-order chi connectivity index (χ1) is 12.9. The van der Waals surface area contributed by atoms with Gasteiger partial charge in [0, 0.05) is 30.1 Å². The lowest BCUT2D eigenvalue weighted by atomic mass is 9.77. The number of ether oxygens (including phenoxy) is 1. The van der Waals surface area contributed by atoms with Crippen LogP contribution in [0.2, 0.25) is 0 Å². The van der Waals surface area contributed by atoms with E-state index in [0.29, 0.717) is 35.6 Å². The van der Waals surface area contributed by atoms with E-state index in [-0.39, 0.29) is 30.3 Å². The quantitative estimate of drug-likeness (QED) is 0.673. The minimum absolute atomic E-state index is 0. The number of hydrogen-bond acceptors (Lipinski definition) is 6. The van der Waals surface area contributed by atoms with Crippen molar-refractivity contribution >= 4 is 12.4 Å². The van der Waals surface area contributed by atoms with Gasteiger partial charge in [-0.3, -0.25) is 4.98 Å². The molecule has 0 unspecified atom stereocenters. The Morgan fingerprint density at radius 3 is 2.50 bits per heavy atom. The summed E-state index contributed by atoms with van der Waals surface area (Å²) in [7, 11) is 0. The van der Waals surface area contributed by atoms with E-state index in [1.165, 1.54) is 18.5 Å². The van der Waals surface area contributed by atoms with Gasteiger partial charge in [0.25, 0.3) is 5.88 Å². The molecule has 3 heterocycles. The fourth-order valence-corrected chi connectivity index (χ4v) is 2.96. The molecular formula is C18H15ClF3N3O3. The molecule has 0 aliphatic heterocycles. The van der Waals surface area contributed by atoms with E-state index in [9.17, 15) is 18.3 Å². The molecule has 148 valence electrons. The van der Waals surface area contributed by atoms with Crippen LogP contribution in [0.25, 0.3) is 11.3 Å². The number of aromatic hydroxyl groups is 1. The summed E-state index contributed by atoms with van der Waals surface area (Å²) in [6.07, 6.45) is -0.605. The Morgan fingerprint density at radius 1 is 1.11 bits per heavy atom. The van der Waals surface area contributed by atoms with E-state index in [2.05, 4.69) is 15.1 Å². The number of rotatable bonds is 4. The van der Waals surface area contributed by atoms with Gasteiger partial charge < -0.3 is 14.4 Å². The van der Waals surface area contributed by atoms with E-state index in [1.54, 1.807) is 18.2 Å². The topological polar surface area (TPSA) is 81.3 Å². The molecule has 0 spiro atoms. The van der Waals surface area contributed by atoms with E-state index in [4.69, 9.17) is 9.26 Å². The minimum atomic E-state index is -4.44. The van der Waals surface area contributed by atoms with Gasteiger partial charge in [0.15, 0.2) is 5.76 Å². The zero-order chi connectivity index (χ0) is 19.0. The van der Waals surface area contributed by atoms with Crippen LogP contribution < -0.4 is 4.74 Å². The molecule has 1 aliphatic carbocycles. The molecule has 10 heteroatoms. The smallest absolute Gasteiger partial charge is 0.433 e. The van der Waals surface area contributed by atoms with Gasteiger partial charge in [-0.05, 0) is 47.7 Å². The van der Waals surface area contributed by atoms with Crippen LogP contribution in [0.15, 0.2) is 47.2 Å². The predicted octanol–water partition coefficient (Wildman–Crippen LogP) is 4.60. The number of halogens is 4. The Morgan fingerprint density at radius 2 is 1.89 bits per heavy atom. The zero-order valence-corrected chi connectivity index (χ0v) is 15.1. The molecule has 0 radical (unpaired) electrons. The molecule has 4 rings (SSSR count). The first-order valence-corrected chi connectivity index (χ1v) is 8.20. The van der Waals surface area contributed by atoms with Crippen LogP contribution >= 0.6 is 12.4 Å². The summed E-state index contributed by atoms with van der Waals surface area (Å²) in [5, 5.41) is 12.6. The Balaban J connectivity index is 0.00000225. The summed E-state index contributed by atoms with van der Waals surface area (Å²) in [5.41, 5.74) is 0.379. The highest BCUT2D eigenvalue weighted by molar-refractivity contribution is 5.85. The fourth-order valence-electron chi connectivity index (χ4n) is 2.96. The van der Waals surface area contributed by atoms with Crippen LogP contribution in [-0.4, -0.2) is 26.3 Å². The first kappa shape index (κ1) is 19.9. The van der Waals surface area contributed by atoms with Crippen molar-refractivity contribution in [1.29, 1.82) is 0 Å². The molecule has 0 amide bonds. The van der Waals surface area contributed by atoms with Crippen molar-refractivity contribution in [2.75, 3.05) is 0 Å². The Labute approximate surface area is 163 Å². The van der Waals surface area contributed by atoms with Crippen LogP contribution in [0.4, 0.5) is 13.2 Å². The Bertz CT molecular complexity index is 941. The molecule has 28 heavy (non-hydrogen) atoms. The Kier molecular flexibility index (Phi) is 5.46. The predicted molar refractivity (Wildman–Crippen MR) is 94.3 cm³/mol. The average molecular weight is 414 g/mol. The number of alkyl halides is 3. The maximum Gasteiger partial charge on any atom is 0.433 e. The highest BCUT2D eigenvalue weighted by atomic mass is 35.5. The largest absolute Gasteiger partial charge is 0.491 e. The van der Waals surface area contributed by atoms with Crippen molar-refractivity contribution in [2.24, 2.45) is 0 Å². The standard InChI is InChI=1S/C18H14F3N3O3.ClH/c19-18(20,21)15-7-10(3-4-22-15)12-5-13(6-12)26-17-2-1-11(9-23-17)14-8-16(25)24-27-14;/h1-4,7-9,12-13H,5-6H2,(H,24,25);1H. The molecule has 3 aromatic heterocycles. The highest BCUT2D eigenvalue weighted by Crippen LogP contribution is 2.40. The molecular weight excluding hydrogens is 399 g/mol. The SMILES string of the molecule is Cl.Oc1cc(-c2ccc(OC3CC(c4ccnc(C(F)(F)F)c4)C3)nc2)on1. The number of hydrogen-bond donors (Lipinski definition) is 1. The van der Waals surface area contributed by atoms with Crippen molar-refractivity contribution in [3.8, 4) is 23.1 Å². The lowest BCUT2D eigenvalue weighted by molar-refractivity contribution is -0.141. The summed E-state index contributed by atoms with van der Waals surface area (Å²) < 4.78 is 48.9. The summed E-state index contributed by atoms with van der Waals surface area (Å²) in [6.45, 7) is 0. The lowest BCUT2D eigenvalue weighted by Crippen LogP contribution is -2.32. The second kappa shape index (κ2) is 7.67. The van der Waals surface area contributed by atoms with Gasteiger partial charge in [0.1, 0.15) is 11.8 Å². The molecule has 1 aliphatic rings. The van der Waals surface area contributed by atoms with Crippen molar-refractivity contribution in [2.45, 2.75) is 31.0 Å². The molecule has 6 nitrogen and oxygen atoms in total. The van der Waals surface area contributed by atoms with Crippen LogP contribution in [0.5, 0.6) is 11.8 Å². The third-order valence-electron chi connectivity index (χ3n) is 4.45. The number of nitrogens with zero attached hydrogens (tertiary/aromatic N) is 3. The van der Waals surface area contributed by atoms with Gasteiger partial charge in [-0.15, -0.1) is 12.4 Å². The maximum absolute atomic E-state index is 12.8. The van der Waals surface area contributed by atoms with Crippen LogP contribution in [-0.2, 0) is 6.18 Å². The van der Waals surface area contributed by atoms with Gasteiger partial charge in [-0.25, -0.2) is 4.98 Å². The molecule has 0 aromatic carbocycles. The van der Waals surface area contributed by atoms with Gasteiger partial charge >= 0.3 is 6.18 Å². The van der Waals surface area contributed by atoms with E-state index in [1.807, 2.05) is 0 Å². The van der Waals surface area contributed by atoms with E-state index < -0.39 is 11.9 Å². The summed E-state index contributed by atoms with van der Waals surface area (Å²) >= 11 is 0. The number of pyridine rings is 2. The second-order valence-corrected chi connectivity index (χ2v) is 6.31. The van der Waals surface area contributed by atoms with Crippen molar-refractivity contribution < 1.29 is 27.5 Å². The van der Waals surface area contributed by atoms with Crippen molar-refractivity contribution in [3.05, 3.63) is 54.0 Å². The monoisotopic (exact) mass is 413 g/mol. The molecule has 0 saturated heterocycles. The van der Waals surface area contributed by atoms with Crippen molar-refractivity contribution in [3.63, 3.8) is 0 Å². The maximum atomic E-state index is 12.8. The lowest BCUT2D eigenvalue weighted by Gasteiger charge is -2.35. The van der Waals surface area contributed by atoms with Crippen LogP contribution in [0, 0.1) is 0 Å². The molecule has 1 saturated carbocycles. The fraction of sp³-hybridized carbons (Fsp3) is 0.278. The molecule has 3 aromatic rings. The molecule has 1 N–H and O–H groups in total.